The molecule has 11 heteroatoms. The number of nitrogens with zero attached hydrogens (tertiary/aromatic N) is 2. The zero-order valence-electron chi connectivity index (χ0n) is 26.5. The molecule has 1 aliphatic heterocycles. The summed E-state index contributed by atoms with van der Waals surface area (Å²) in [5, 5.41) is 5.65. The van der Waals surface area contributed by atoms with Gasteiger partial charge in [0.25, 0.3) is 0 Å². The normalized spacial score (nSPS) is 16.2. The SMILES string of the molecule is CC(C)(C)C[C@@H](NC(=O)OC(C)(C)C)C(=O)N1CCC[C@H]1C(=O)NCc1ccc(/C(N)=N/C(=O)OCc2ccccc2)cc1. The van der Waals surface area contributed by atoms with E-state index in [2.05, 4.69) is 15.6 Å². The number of alkyl carbamates (subject to hydrolysis) is 1. The van der Waals surface area contributed by atoms with Crippen molar-refractivity contribution in [3.63, 3.8) is 0 Å². The molecule has 44 heavy (non-hydrogen) atoms. The molecule has 0 saturated carbocycles. The van der Waals surface area contributed by atoms with Crippen LogP contribution >= 0.6 is 0 Å². The van der Waals surface area contributed by atoms with Crippen LogP contribution in [-0.2, 0) is 32.2 Å². The average Bonchev–Trinajstić information content (AvgIpc) is 3.43. The Balaban J connectivity index is 1.57. The third-order valence-corrected chi connectivity index (χ3v) is 6.78. The molecule has 0 spiro atoms. The highest BCUT2D eigenvalue weighted by Gasteiger charge is 2.39. The molecule has 0 aliphatic carbocycles. The predicted octanol–water partition coefficient (Wildman–Crippen LogP) is 4.67. The van der Waals surface area contributed by atoms with Gasteiger partial charge in [0.1, 0.15) is 30.1 Å². The van der Waals surface area contributed by atoms with E-state index in [9.17, 15) is 19.2 Å². The third kappa shape index (κ3) is 11.0. The van der Waals surface area contributed by atoms with Gasteiger partial charge in [-0.05, 0) is 56.6 Å². The van der Waals surface area contributed by atoms with Crippen LogP contribution in [0.5, 0.6) is 0 Å². The minimum Gasteiger partial charge on any atom is -0.444 e. The standard InChI is InChI=1S/C33H45N5O6/c1-32(2,3)19-25(36-31(42)44-33(4,5)6)29(40)38-18-10-13-26(38)28(39)35-20-22-14-16-24(17-15-22)27(34)37-30(41)43-21-23-11-8-7-9-12-23/h7-9,11-12,14-17,25-26H,10,13,18-21H2,1-6H3,(H,35,39)(H,36,42)(H2,34,37,41)/t25-,26+/m1/s1. The summed E-state index contributed by atoms with van der Waals surface area (Å²) in [5.74, 6) is -0.553. The van der Waals surface area contributed by atoms with Crippen LogP contribution in [0.2, 0.25) is 0 Å². The molecule has 3 rings (SSSR count). The van der Waals surface area contributed by atoms with Gasteiger partial charge in [0.2, 0.25) is 11.8 Å². The molecule has 0 bridgehead atoms. The summed E-state index contributed by atoms with van der Waals surface area (Å²) in [7, 11) is 0. The molecule has 2 aromatic carbocycles. The number of rotatable bonds is 9. The maximum atomic E-state index is 13.6. The van der Waals surface area contributed by atoms with Crippen LogP contribution in [0.1, 0.15) is 77.5 Å². The van der Waals surface area contributed by atoms with Gasteiger partial charge < -0.3 is 30.7 Å². The van der Waals surface area contributed by atoms with Crippen LogP contribution in [0, 0.1) is 5.41 Å². The first-order valence-electron chi connectivity index (χ1n) is 14.8. The number of benzene rings is 2. The van der Waals surface area contributed by atoms with E-state index in [4.69, 9.17) is 15.2 Å². The Morgan fingerprint density at radius 3 is 2.25 bits per heavy atom. The smallest absolute Gasteiger partial charge is 0.435 e. The molecule has 0 radical (unpaired) electrons. The van der Waals surface area contributed by atoms with Gasteiger partial charge >= 0.3 is 12.2 Å². The van der Waals surface area contributed by atoms with Crippen molar-refractivity contribution in [2.45, 2.75) is 91.6 Å². The van der Waals surface area contributed by atoms with Crippen LogP contribution in [0.3, 0.4) is 0 Å². The molecular formula is C33H45N5O6. The van der Waals surface area contributed by atoms with Crippen LogP contribution in [0.25, 0.3) is 0 Å². The zero-order chi connectivity index (χ0) is 32.5. The molecule has 2 aromatic rings. The lowest BCUT2D eigenvalue weighted by atomic mass is 9.87. The van der Waals surface area contributed by atoms with Crippen molar-refractivity contribution < 1.29 is 28.7 Å². The van der Waals surface area contributed by atoms with E-state index in [1.807, 2.05) is 51.1 Å². The van der Waals surface area contributed by atoms with Crippen molar-refractivity contribution in [3.05, 3.63) is 71.3 Å². The van der Waals surface area contributed by atoms with Crippen LogP contribution in [0.15, 0.2) is 59.6 Å². The number of carbonyl (C=O) groups is 4. The molecule has 4 N–H and O–H groups in total. The molecule has 0 unspecified atom stereocenters. The quantitative estimate of drug-likeness (QED) is 0.277. The maximum Gasteiger partial charge on any atom is 0.435 e. The monoisotopic (exact) mass is 607 g/mol. The Hall–Kier alpha value is -4.41. The summed E-state index contributed by atoms with van der Waals surface area (Å²) in [6.07, 6.45) is 0.139. The summed E-state index contributed by atoms with van der Waals surface area (Å²) >= 11 is 0. The fourth-order valence-corrected chi connectivity index (χ4v) is 4.78. The van der Waals surface area contributed by atoms with E-state index in [0.717, 1.165) is 11.1 Å². The molecule has 238 valence electrons. The van der Waals surface area contributed by atoms with Crippen molar-refractivity contribution in [2.24, 2.45) is 16.1 Å². The second-order valence-corrected chi connectivity index (χ2v) is 13.1. The van der Waals surface area contributed by atoms with E-state index in [0.29, 0.717) is 31.4 Å². The lowest BCUT2D eigenvalue weighted by molar-refractivity contribution is -0.140. The number of ether oxygens (including phenoxy) is 2. The van der Waals surface area contributed by atoms with Gasteiger partial charge in [0.15, 0.2) is 0 Å². The highest BCUT2D eigenvalue weighted by molar-refractivity contribution is 6.02. The summed E-state index contributed by atoms with van der Waals surface area (Å²) in [6, 6.07) is 14.7. The van der Waals surface area contributed by atoms with Crippen LogP contribution in [0.4, 0.5) is 9.59 Å². The van der Waals surface area contributed by atoms with Crippen LogP contribution < -0.4 is 16.4 Å². The van der Waals surface area contributed by atoms with E-state index in [1.165, 1.54) is 0 Å². The summed E-state index contributed by atoms with van der Waals surface area (Å²) in [6.45, 7) is 12.0. The molecular weight excluding hydrogens is 562 g/mol. The van der Waals surface area contributed by atoms with Crippen molar-refractivity contribution in [3.8, 4) is 0 Å². The Bertz CT molecular complexity index is 1330. The number of nitrogens with one attached hydrogen (secondary N) is 2. The molecule has 1 aliphatic rings. The maximum absolute atomic E-state index is 13.6. The molecule has 0 aromatic heterocycles. The van der Waals surface area contributed by atoms with E-state index in [1.54, 1.807) is 49.9 Å². The van der Waals surface area contributed by atoms with Gasteiger partial charge in [0, 0.05) is 18.7 Å². The number of carbonyl (C=O) groups excluding carboxylic acids is 4. The lowest BCUT2D eigenvalue weighted by Crippen LogP contribution is -2.54. The van der Waals surface area contributed by atoms with Gasteiger partial charge in [-0.25, -0.2) is 9.59 Å². The highest BCUT2D eigenvalue weighted by atomic mass is 16.6. The molecule has 1 fully saturated rings. The predicted molar refractivity (Wildman–Crippen MR) is 168 cm³/mol. The number of aliphatic imine (C=N–C) groups is 1. The first-order chi connectivity index (χ1) is 20.6. The van der Waals surface area contributed by atoms with E-state index >= 15 is 0 Å². The number of likely N-dealkylation sites (tertiary alicyclic amines) is 1. The fraction of sp³-hybridized carbons (Fsp3) is 0.485. The highest BCUT2D eigenvalue weighted by Crippen LogP contribution is 2.25. The first-order valence-corrected chi connectivity index (χ1v) is 14.8. The minimum absolute atomic E-state index is 0.0172. The number of amides is 4. The Morgan fingerprint density at radius 1 is 0.977 bits per heavy atom. The number of hydrogen-bond donors (Lipinski definition) is 3. The van der Waals surface area contributed by atoms with Crippen LogP contribution in [-0.4, -0.2) is 59.0 Å². The number of nitrogens with two attached hydrogens (primary N) is 1. The second kappa shape index (κ2) is 14.9. The third-order valence-electron chi connectivity index (χ3n) is 6.78. The van der Waals surface area contributed by atoms with E-state index < -0.39 is 29.9 Å². The van der Waals surface area contributed by atoms with Gasteiger partial charge in [-0.3, -0.25) is 9.59 Å². The second-order valence-electron chi connectivity index (χ2n) is 13.1. The Morgan fingerprint density at radius 2 is 1.64 bits per heavy atom. The fourth-order valence-electron chi connectivity index (χ4n) is 4.78. The van der Waals surface area contributed by atoms with Gasteiger partial charge in [-0.2, -0.15) is 4.99 Å². The lowest BCUT2D eigenvalue weighted by Gasteiger charge is -2.32. The molecule has 1 heterocycles. The first kappa shape index (κ1) is 34.1. The van der Waals surface area contributed by atoms with Gasteiger partial charge in [-0.1, -0.05) is 75.4 Å². The summed E-state index contributed by atoms with van der Waals surface area (Å²) in [5.41, 5.74) is 7.21. The van der Waals surface area contributed by atoms with Crippen molar-refractivity contribution in [1.29, 1.82) is 0 Å². The number of amidine groups is 1. The van der Waals surface area contributed by atoms with Gasteiger partial charge in [0.05, 0.1) is 0 Å². The van der Waals surface area contributed by atoms with E-state index in [-0.39, 0.29) is 36.2 Å². The average molecular weight is 608 g/mol. The molecule has 1 saturated heterocycles. The zero-order valence-corrected chi connectivity index (χ0v) is 26.5. The minimum atomic E-state index is -0.825. The van der Waals surface area contributed by atoms with Crippen molar-refractivity contribution in [1.82, 2.24) is 15.5 Å². The summed E-state index contributed by atoms with van der Waals surface area (Å²) in [4.78, 5) is 56.8. The molecule has 4 amide bonds. The van der Waals surface area contributed by atoms with Crippen molar-refractivity contribution in [2.75, 3.05) is 6.54 Å². The molecule has 2 atom stereocenters. The number of hydrogen-bond acceptors (Lipinski definition) is 6. The van der Waals surface area contributed by atoms with Gasteiger partial charge in [-0.15, -0.1) is 0 Å². The largest absolute Gasteiger partial charge is 0.444 e. The Kier molecular flexibility index (Phi) is 11.5. The topological polar surface area (TPSA) is 152 Å². The van der Waals surface area contributed by atoms with Crippen molar-refractivity contribution >= 4 is 29.8 Å². The summed E-state index contributed by atoms with van der Waals surface area (Å²) < 4.78 is 10.5. The molecule has 11 nitrogen and oxygen atoms in total. The Labute approximate surface area is 259 Å².